The lowest BCUT2D eigenvalue weighted by atomic mass is 9.85. The first kappa shape index (κ1) is 12.8. The van der Waals surface area contributed by atoms with Crippen molar-refractivity contribution in [2.75, 3.05) is 4.90 Å². The molecular weight excluding hydrogens is 254 g/mol. The van der Waals surface area contributed by atoms with Crippen LogP contribution in [0.15, 0.2) is 36.4 Å². The topological polar surface area (TPSA) is 54.5 Å². The lowest BCUT2D eigenvalue weighted by molar-refractivity contribution is -0.122. The van der Waals surface area contributed by atoms with Crippen LogP contribution in [0.1, 0.15) is 30.1 Å². The summed E-state index contributed by atoms with van der Waals surface area (Å²) >= 11 is 0. The van der Waals surface area contributed by atoms with Gasteiger partial charge in [-0.1, -0.05) is 24.3 Å². The second kappa shape index (κ2) is 4.71. The molecule has 102 valence electrons. The van der Waals surface area contributed by atoms with Gasteiger partial charge in [0.2, 0.25) is 11.8 Å². The van der Waals surface area contributed by atoms with Crippen molar-refractivity contribution in [3.8, 4) is 0 Å². The molecular formula is C16H15NO3. The number of benzene rings is 1. The van der Waals surface area contributed by atoms with Crippen LogP contribution in [-0.2, 0) is 9.59 Å². The average molecular weight is 269 g/mol. The molecule has 0 N–H and O–H groups in total. The first-order valence-electron chi connectivity index (χ1n) is 6.73. The zero-order valence-corrected chi connectivity index (χ0v) is 11.2. The monoisotopic (exact) mass is 269 g/mol. The molecule has 1 aromatic carbocycles. The minimum atomic E-state index is -0.242. The molecule has 20 heavy (non-hydrogen) atoms. The van der Waals surface area contributed by atoms with Crippen molar-refractivity contribution in [2.24, 2.45) is 11.8 Å². The fourth-order valence-corrected chi connectivity index (χ4v) is 2.92. The Labute approximate surface area is 117 Å². The number of allylic oxidation sites excluding steroid dienone is 2. The number of ketones is 1. The van der Waals surface area contributed by atoms with Crippen molar-refractivity contribution < 1.29 is 14.4 Å². The van der Waals surface area contributed by atoms with Gasteiger partial charge in [0.15, 0.2) is 5.78 Å². The van der Waals surface area contributed by atoms with Crippen molar-refractivity contribution in [2.45, 2.75) is 19.8 Å². The molecule has 0 spiro atoms. The van der Waals surface area contributed by atoms with Gasteiger partial charge in [-0.15, -0.1) is 0 Å². The summed E-state index contributed by atoms with van der Waals surface area (Å²) in [7, 11) is 0. The molecule has 0 saturated carbocycles. The number of fused-ring (bicyclic) bond motifs is 1. The minimum Gasteiger partial charge on any atom is -0.295 e. The van der Waals surface area contributed by atoms with Gasteiger partial charge in [-0.05, 0) is 31.9 Å². The largest absolute Gasteiger partial charge is 0.295 e. The Hall–Kier alpha value is -2.23. The number of rotatable bonds is 2. The highest BCUT2D eigenvalue weighted by atomic mass is 16.2. The molecule has 0 bridgehead atoms. The number of imide groups is 1. The van der Waals surface area contributed by atoms with E-state index in [1.807, 2.05) is 12.2 Å². The summed E-state index contributed by atoms with van der Waals surface area (Å²) in [6, 6.07) is 6.70. The van der Waals surface area contributed by atoms with E-state index < -0.39 is 0 Å². The lowest BCUT2D eigenvalue weighted by Crippen LogP contribution is -2.31. The van der Waals surface area contributed by atoms with E-state index in [4.69, 9.17) is 0 Å². The molecule has 2 amide bonds. The van der Waals surface area contributed by atoms with Crippen molar-refractivity contribution in [3.63, 3.8) is 0 Å². The number of anilines is 1. The van der Waals surface area contributed by atoms with E-state index in [0.717, 1.165) is 0 Å². The van der Waals surface area contributed by atoms with Crippen molar-refractivity contribution >= 4 is 23.3 Å². The average Bonchev–Trinajstić information content (AvgIpc) is 2.72. The molecule has 3 rings (SSSR count). The zero-order valence-electron chi connectivity index (χ0n) is 11.2. The zero-order chi connectivity index (χ0) is 14.3. The normalized spacial score (nSPS) is 24.9. The Bertz CT molecular complexity index is 606. The molecule has 0 aromatic heterocycles. The summed E-state index contributed by atoms with van der Waals surface area (Å²) in [5, 5.41) is 0. The fraction of sp³-hybridized carbons (Fsp3) is 0.312. The third-order valence-corrected chi connectivity index (χ3v) is 4.02. The Morgan fingerprint density at radius 2 is 1.70 bits per heavy atom. The Balaban J connectivity index is 1.98. The number of carbonyl (C=O) groups excluding carboxylic acids is 3. The summed E-state index contributed by atoms with van der Waals surface area (Å²) in [4.78, 5) is 37.5. The molecule has 1 aliphatic carbocycles. The van der Waals surface area contributed by atoms with Gasteiger partial charge >= 0.3 is 0 Å². The predicted octanol–water partition coefficient (Wildman–Crippen LogP) is 2.34. The molecule has 1 heterocycles. The summed E-state index contributed by atoms with van der Waals surface area (Å²) < 4.78 is 0. The van der Waals surface area contributed by atoms with Gasteiger partial charge in [0.05, 0.1) is 17.5 Å². The number of hydrogen-bond donors (Lipinski definition) is 0. The molecule has 1 saturated heterocycles. The van der Waals surface area contributed by atoms with E-state index >= 15 is 0 Å². The van der Waals surface area contributed by atoms with E-state index in [9.17, 15) is 14.4 Å². The molecule has 0 radical (unpaired) electrons. The van der Waals surface area contributed by atoms with Crippen molar-refractivity contribution in [1.82, 2.24) is 0 Å². The molecule has 2 atom stereocenters. The Morgan fingerprint density at radius 1 is 1.10 bits per heavy atom. The van der Waals surface area contributed by atoms with Gasteiger partial charge in [-0.25, -0.2) is 0 Å². The molecule has 4 heteroatoms. The number of amides is 2. The standard InChI is InChI=1S/C16H15NO3/c1-10(18)11-5-4-6-12(9-11)17-15(19)13-7-2-3-8-14(13)16(17)20/h2-6,9,13-14H,7-8H2,1H3/t13-,14-/m1/s1. The molecule has 1 aliphatic heterocycles. The Kier molecular flexibility index (Phi) is 3.01. The molecule has 1 fully saturated rings. The molecule has 0 unspecified atom stereocenters. The van der Waals surface area contributed by atoms with Crippen LogP contribution >= 0.6 is 0 Å². The highest BCUT2D eigenvalue weighted by molar-refractivity contribution is 6.22. The van der Waals surface area contributed by atoms with Crippen molar-refractivity contribution in [1.29, 1.82) is 0 Å². The summed E-state index contributed by atoms with van der Waals surface area (Å²) in [6.45, 7) is 1.47. The predicted molar refractivity (Wildman–Crippen MR) is 74.3 cm³/mol. The SMILES string of the molecule is CC(=O)c1cccc(N2C(=O)[C@@H]3CC=CC[C@H]3C2=O)c1. The maximum Gasteiger partial charge on any atom is 0.238 e. The van der Waals surface area contributed by atoms with Crippen LogP contribution in [0.3, 0.4) is 0 Å². The number of carbonyl (C=O) groups is 3. The van der Waals surface area contributed by atoms with E-state index in [0.29, 0.717) is 24.1 Å². The smallest absolute Gasteiger partial charge is 0.238 e. The van der Waals surface area contributed by atoms with E-state index in [1.165, 1.54) is 11.8 Å². The first-order valence-corrected chi connectivity index (χ1v) is 6.73. The minimum absolute atomic E-state index is 0.0787. The maximum absolute atomic E-state index is 12.4. The van der Waals surface area contributed by atoms with Crippen molar-refractivity contribution in [3.05, 3.63) is 42.0 Å². The van der Waals surface area contributed by atoms with Crippen LogP contribution in [0, 0.1) is 11.8 Å². The number of hydrogen-bond acceptors (Lipinski definition) is 3. The lowest BCUT2D eigenvalue weighted by Gasteiger charge is -2.15. The van der Waals surface area contributed by atoms with Gasteiger partial charge in [-0.2, -0.15) is 0 Å². The highest BCUT2D eigenvalue weighted by Crippen LogP contribution is 2.37. The second-order valence-corrected chi connectivity index (χ2v) is 5.27. The summed E-state index contributed by atoms with van der Waals surface area (Å²) in [5.74, 6) is -0.859. The van der Waals surface area contributed by atoms with Gasteiger partial charge in [0.1, 0.15) is 0 Å². The second-order valence-electron chi connectivity index (χ2n) is 5.27. The van der Waals surface area contributed by atoms with Gasteiger partial charge in [0.25, 0.3) is 0 Å². The molecule has 2 aliphatic rings. The number of nitrogens with zero attached hydrogens (tertiary/aromatic N) is 1. The molecule has 1 aromatic rings. The number of Topliss-reactive ketones (excluding diaryl/α,β-unsaturated/α-hetero) is 1. The van der Waals surface area contributed by atoms with Gasteiger partial charge in [0, 0.05) is 5.56 Å². The van der Waals surface area contributed by atoms with Crippen LogP contribution in [0.5, 0.6) is 0 Å². The first-order chi connectivity index (χ1) is 9.59. The van der Waals surface area contributed by atoms with E-state index in [-0.39, 0.29) is 29.4 Å². The van der Waals surface area contributed by atoms with Gasteiger partial charge < -0.3 is 0 Å². The highest BCUT2D eigenvalue weighted by Gasteiger charge is 2.47. The van der Waals surface area contributed by atoms with Gasteiger partial charge in [-0.3, -0.25) is 19.3 Å². The Morgan fingerprint density at radius 3 is 2.25 bits per heavy atom. The van der Waals surface area contributed by atoms with E-state index in [1.54, 1.807) is 24.3 Å². The summed E-state index contributed by atoms with van der Waals surface area (Å²) in [6.07, 6.45) is 5.17. The van der Waals surface area contributed by atoms with E-state index in [2.05, 4.69) is 0 Å². The fourth-order valence-electron chi connectivity index (χ4n) is 2.92. The third-order valence-electron chi connectivity index (χ3n) is 4.02. The van der Waals surface area contributed by atoms with Crippen LogP contribution < -0.4 is 4.90 Å². The quantitative estimate of drug-likeness (QED) is 0.470. The van der Waals surface area contributed by atoms with Crippen LogP contribution in [0.2, 0.25) is 0 Å². The molecule has 4 nitrogen and oxygen atoms in total. The van der Waals surface area contributed by atoms with Crippen LogP contribution in [0.25, 0.3) is 0 Å². The maximum atomic E-state index is 12.4. The van der Waals surface area contributed by atoms with Crippen LogP contribution in [0.4, 0.5) is 5.69 Å². The van der Waals surface area contributed by atoms with Crippen LogP contribution in [-0.4, -0.2) is 17.6 Å². The third kappa shape index (κ3) is 1.88. The summed E-state index contributed by atoms with van der Waals surface area (Å²) in [5.41, 5.74) is 1.01.